The van der Waals surface area contributed by atoms with Gasteiger partial charge in [0.15, 0.2) is 0 Å². The Morgan fingerprint density at radius 3 is 2.20 bits per heavy atom. The highest BCUT2D eigenvalue weighted by atomic mass is 16.5. The van der Waals surface area contributed by atoms with Crippen molar-refractivity contribution in [3.8, 4) is 0 Å². The molecule has 0 aromatic heterocycles. The van der Waals surface area contributed by atoms with E-state index in [1.807, 2.05) is 0 Å². The number of aliphatic hydroxyl groups is 3. The van der Waals surface area contributed by atoms with Crippen LogP contribution in [-0.2, 0) is 4.74 Å². The standard InChI is InChI=1S/C6H13O4/c1-4(7)6(9)5(8)3-10-2/h4-9H,1,3H2,2H3. The molecule has 0 bridgehead atoms. The van der Waals surface area contributed by atoms with Crippen molar-refractivity contribution in [2.45, 2.75) is 18.3 Å². The molecule has 0 spiro atoms. The molecule has 0 saturated carbocycles. The van der Waals surface area contributed by atoms with Gasteiger partial charge in [-0.05, 0) is 6.92 Å². The third-order valence-electron chi connectivity index (χ3n) is 1.13. The Hall–Kier alpha value is -0.160. The Kier molecular flexibility index (Phi) is 4.55. The molecule has 3 unspecified atom stereocenters. The minimum Gasteiger partial charge on any atom is -0.390 e. The second-order valence-corrected chi connectivity index (χ2v) is 2.08. The van der Waals surface area contributed by atoms with E-state index < -0.39 is 18.3 Å². The van der Waals surface area contributed by atoms with Crippen molar-refractivity contribution < 1.29 is 20.1 Å². The van der Waals surface area contributed by atoms with Gasteiger partial charge in [-0.15, -0.1) is 0 Å². The van der Waals surface area contributed by atoms with Crippen molar-refractivity contribution in [3.63, 3.8) is 0 Å². The molecule has 4 heteroatoms. The third-order valence-corrected chi connectivity index (χ3v) is 1.13. The van der Waals surface area contributed by atoms with Gasteiger partial charge in [0, 0.05) is 7.11 Å². The molecule has 0 fully saturated rings. The zero-order valence-electron chi connectivity index (χ0n) is 5.90. The third kappa shape index (κ3) is 3.12. The summed E-state index contributed by atoms with van der Waals surface area (Å²) in [4.78, 5) is 0. The van der Waals surface area contributed by atoms with Crippen molar-refractivity contribution in [2.75, 3.05) is 13.7 Å². The topological polar surface area (TPSA) is 69.9 Å². The predicted molar refractivity (Wildman–Crippen MR) is 35.3 cm³/mol. The quantitative estimate of drug-likeness (QED) is 0.457. The zero-order chi connectivity index (χ0) is 8.15. The maximum Gasteiger partial charge on any atom is 0.108 e. The lowest BCUT2D eigenvalue weighted by molar-refractivity contribution is -0.0688. The average molecular weight is 149 g/mol. The highest BCUT2D eigenvalue weighted by Gasteiger charge is 2.20. The summed E-state index contributed by atoms with van der Waals surface area (Å²) in [7, 11) is 1.39. The van der Waals surface area contributed by atoms with E-state index in [1.54, 1.807) is 0 Å². The van der Waals surface area contributed by atoms with E-state index in [4.69, 9.17) is 15.3 Å². The van der Waals surface area contributed by atoms with Gasteiger partial charge >= 0.3 is 0 Å². The van der Waals surface area contributed by atoms with Crippen molar-refractivity contribution in [1.82, 2.24) is 0 Å². The molecule has 0 heterocycles. The Morgan fingerprint density at radius 1 is 1.40 bits per heavy atom. The highest BCUT2D eigenvalue weighted by molar-refractivity contribution is 4.75. The Balaban J connectivity index is 3.58. The molecule has 0 aliphatic heterocycles. The molecule has 0 aliphatic rings. The van der Waals surface area contributed by atoms with Gasteiger partial charge in [0.05, 0.1) is 12.7 Å². The van der Waals surface area contributed by atoms with E-state index in [2.05, 4.69) is 11.7 Å². The van der Waals surface area contributed by atoms with Crippen LogP contribution in [0.3, 0.4) is 0 Å². The average Bonchev–Trinajstić information content (AvgIpc) is 1.87. The van der Waals surface area contributed by atoms with Crippen LogP contribution in [0.1, 0.15) is 0 Å². The van der Waals surface area contributed by atoms with Crippen LogP contribution in [0.2, 0.25) is 0 Å². The fourth-order valence-corrected chi connectivity index (χ4v) is 0.526. The monoisotopic (exact) mass is 149 g/mol. The van der Waals surface area contributed by atoms with E-state index in [0.717, 1.165) is 0 Å². The number of methoxy groups -OCH3 is 1. The normalized spacial score (nSPS) is 20.1. The van der Waals surface area contributed by atoms with Crippen LogP contribution in [0.25, 0.3) is 0 Å². The Labute approximate surface area is 60.1 Å². The summed E-state index contributed by atoms with van der Waals surface area (Å²) in [5, 5.41) is 26.4. The summed E-state index contributed by atoms with van der Waals surface area (Å²) in [5.74, 6) is 0. The van der Waals surface area contributed by atoms with Gasteiger partial charge in [-0.2, -0.15) is 0 Å². The van der Waals surface area contributed by atoms with Gasteiger partial charge in [0.1, 0.15) is 12.2 Å². The van der Waals surface area contributed by atoms with E-state index in [9.17, 15) is 0 Å². The summed E-state index contributed by atoms with van der Waals surface area (Å²) in [5.41, 5.74) is 0. The van der Waals surface area contributed by atoms with E-state index in [1.165, 1.54) is 7.11 Å². The number of aliphatic hydroxyl groups excluding tert-OH is 3. The summed E-state index contributed by atoms with van der Waals surface area (Å²) in [6, 6.07) is 0. The molecule has 0 aromatic rings. The number of ether oxygens (including phenoxy) is 1. The maximum atomic E-state index is 8.91. The molecule has 0 aromatic carbocycles. The fraction of sp³-hybridized carbons (Fsp3) is 0.833. The van der Waals surface area contributed by atoms with Crippen LogP contribution in [0.4, 0.5) is 0 Å². The minimum absolute atomic E-state index is 0.00620. The molecule has 0 amide bonds. The van der Waals surface area contributed by atoms with Gasteiger partial charge in [-0.3, -0.25) is 0 Å². The van der Waals surface area contributed by atoms with Crippen LogP contribution in [-0.4, -0.2) is 47.3 Å². The summed E-state index contributed by atoms with van der Waals surface area (Å²) in [6.45, 7) is 3.13. The van der Waals surface area contributed by atoms with Crippen LogP contribution >= 0.6 is 0 Å². The second-order valence-electron chi connectivity index (χ2n) is 2.08. The summed E-state index contributed by atoms with van der Waals surface area (Å²) in [6.07, 6.45) is -3.48. The molecular formula is C6H13O4. The van der Waals surface area contributed by atoms with Gasteiger partial charge in [-0.25, -0.2) is 0 Å². The van der Waals surface area contributed by atoms with E-state index >= 15 is 0 Å². The van der Waals surface area contributed by atoms with E-state index in [-0.39, 0.29) is 6.61 Å². The molecule has 0 aliphatic carbocycles. The van der Waals surface area contributed by atoms with Crippen molar-refractivity contribution in [1.29, 1.82) is 0 Å². The maximum absolute atomic E-state index is 8.91. The van der Waals surface area contributed by atoms with Crippen LogP contribution < -0.4 is 0 Å². The SMILES string of the molecule is [CH2]C(O)C(O)C(O)COC. The zero-order valence-corrected chi connectivity index (χ0v) is 5.90. The number of hydrogen-bond donors (Lipinski definition) is 3. The van der Waals surface area contributed by atoms with Gasteiger partial charge < -0.3 is 20.1 Å². The first-order chi connectivity index (χ1) is 4.59. The molecular weight excluding hydrogens is 136 g/mol. The lowest BCUT2D eigenvalue weighted by atomic mass is 10.1. The molecule has 10 heavy (non-hydrogen) atoms. The minimum atomic E-state index is -1.24. The van der Waals surface area contributed by atoms with Crippen molar-refractivity contribution in [2.24, 2.45) is 0 Å². The first-order valence-corrected chi connectivity index (χ1v) is 2.95. The molecule has 1 radical (unpaired) electrons. The molecule has 0 rings (SSSR count). The van der Waals surface area contributed by atoms with Crippen LogP contribution in [0.15, 0.2) is 0 Å². The smallest absolute Gasteiger partial charge is 0.108 e. The fourth-order valence-electron chi connectivity index (χ4n) is 0.526. The first kappa shape index (κ1) is 9.84. The molecule has 3 N–H and O–H groups in total. The first-order valence-electron chi connectivity index (χ1n) is 2.95. The van der Waals surface area contributed by atoms with Crippen molar-refractivity contribution in [3.05, 3.63) is 6.92 Å². The lowest BCUT2D eigenvalue weighted by Gasteiger charge is -2.18. The molecule has 3 atom stereocenters. The number of rotatable bonds is 4. The van der Waals surface area contributed by atoms with E-state index in [0.29, 0.717) is 0 Å². The summed E-state index contributed by atoms with van der Waals surface area (Å²) >= 11 is 0. The van der Waals surface area contributed by atoms with Gasteiger partial charge in [-0.1, -0.05) is 0 Å². The van der Waals surface area contributed by atoms with Crippen molar-refractivity contribution >= 4 is 0 Å². The predicted octanol–water partition coefficient (Wildman–Crippen LogP) is -1.45. The lowest BCUT2D eigenvalue weighted by Crippen LogP contribution is -2.38. The Morgan fingerprint density at radius 2 is 1.90 bits per heavy atom. The largest absolute Gasteiger partial charge is 0.390 e. The molecule has 0 saturated heterocycles. The van der Waals surface area contributed by atoms with Gasteiger partial charge in [0.25, 0.3) is 0 Å². The van der Waals surface area contributed by atoms with Crippen LogP contribution in [0, 0.1) is 6.92 Å². The Bertz CT molecular complexity index is 83.8. The summed E-state index contributed by atoms with van der Waals surface area (Å²) < 4.78 is 4.53. The molecule has 4 nitrogen and oxygen atoms in total. The molecule has 61 valence electrons. The second kappa shape index (κ2) is 4.62. The highest BCUT2D eigenvalue weighted by Crippen LogP contribution is 1.98. The number of hydrogen-bond acceptors (Lipinski definition) is 4. The van der Waals surface area contributed by atoms with Crippen LogP contribution in [0.5, 0.6) is 0 Å². The van der Waals surface area contributed by atoms with Gasteiger partial charge in [0.2, 0.25) is 0 Å².